The highest BCUT2D eigenvalue weighted by molar-refractivity contribution is 5.95. The summed E-state index contributed by atoms with van der Waals surface area (Å²) in [5, 5.41) is 10.1. The Hall–Kier alpha value is -2.87. The van der Waals surface area contributed by atoms with Gasteiger partial charge in [-0.1, -0.05) is 88.4 Å². The highest BCUT2D eigenvalue weighted by atomic mass is 16.3. The molecule has 0 heterocycles. The van der Waals surface area contributed by atoms with Crippen LogP contribution in [0.4, 0.5) is 0 Å². The quantitative estimate of drug-likeness (QED) is 0.242. The monoisotopic (exact) mass is 432 g/mol. The highest BCUT2D eigenvalue weighted by Gasteiger charge is 2.11. The lowest BCUT2D eigenvalue weighted by atomic mass is 9.90. The second-order valence-corrected chi connectivity index (χ2v) is 8.17. The van der Waals surface area contributed by atoms with Gasteiger partial charge in [-0.2, -0.15) is 0 Å². The van der Waals surface area contributed by atoms with Crippen LogP contribution in [-0.2, 0) is 17.6 Å². The number of ketones is 1. The van der Waals surface area contributed by atoms with Gasteiger partial charge < -0.3 is 5.11 Å². The Balaban J connectivity index is 0.000000363. The number of hydrogen-bond donors (Lipinski definition) is 1. The Labute approximate surface area is 195 Å². The molecule has 0 bridgehead atoms. The molecule has 2 nitrogen and oxygen atoms in total. The van der Waals surface area contributed by atoms with Crippen LogP contribution in [0.15, 0.2) is 95.4 Å². The Kier molecular flexibility index (Phi) is 12.1. The van der Waals surface area contributed by atoms with Crippen LogP contribution in [0, 0.1) is 0 Å². The van der Waals surface area contributed by atoms with E-state index in [-0.39, 0.29) is 11.5 Å². The minimum atomic E-state index is -0.145. The molecule has 0 aromatic heterocycles. The molecule has 0 spiro atoms. The first-order chi connectivity index (χ1) is 15.2. The SMILES string of the molecule is C=C(/C=C(O)\C(C)=C1\C=CC=C(C(=C)CC)C1)C(C)=O.CCCCc1ccccc1CC. The second kappa shape index (κ2) is 14.2. The van der Waals surface area contributed by atoms with Gasteiger partial charge in [0.2, 0.25) is 0 Å². The van der Waals surface area contributed by atoms with E-state index in [2.05, 4.69) is 64.3 Å². The van der Waals surface area contributed by atoms with E-state index >= 15 is 0 Å². The maximum absolute atomic E-state index is 11.2. The molecule has 0 saturated heterocycles. The zero-order valence-corrected chi connectivity index (χ0v) is 20.6. The number of Topliss-reactive ketones (excluding diaryl/α,β-unsaturated/α-hetero) is 1. The Morgan fingerprint density at radius 3 is 2.31 bits per heavy atom. The van der Waals surface area contributed by atoms with E-state index in [1.54, 1.807) is 5.56 Å². The van der Waals surface area contributed by atoms with E-state index < -0.39 is 0 Å². The molecule has 0 radical (unpaired) electrons. The Morgan fingerprint density at radius 1 is 1.09 bits per heavy atom. The highest BCUT2D eigenvalue weighted by Crippen LogP contribution is 2.28. The molecule has 0 fully saturated rings. The summed E-state index contributed by atoms with van der Waals surface area (Å²) in [6.07, 6.45) is 14.1. The fraction of sp³-hybridized carbons (Fsp3) is 0.367. The number of hydrogen-bond acceptors (Lipinski definition) is 2. The van der Waals surface area contributed by atoms with E-state index in [1.165, 1.54) is 49.8 Å². The van der Waals surface area contributed by atoms with E-state index in [4.69, 9.17) is 0 Å². The van der Waals surface area contributed by atoms with Crippen molar-refractivity contribution in [3.05, 3.63) is 106 Å². The maximum Gasteiger partial charge on any atom is 0.159 e. The van der Waals surface area contributed by atoms with Gasteiger partial charge in [-0.15, -0.1) is 0 Å². The number of unbranched alkanes of at least 4 members (excludes halogenated alkanes) is 1. The van der Waals surface area contributed by atoms with Gasteiger partial charge in [-0.25, -0.2) is 0 Å². The Morgan fingerprint density at radius 2 is 1.75 bits per heavy atom. The van der Waals surface area contributed by atoms with E-state index in [0.717, 1.165) is 29.6 Å². The van der Waals surface area contributed by atoms with E-state index in [9.17, 15) is 9.90 Å². The Bertz CT molecular complexity index is 935. The topological polar surface area (TPSA) is 37.3 Å². The molecule has 1 aliphatic carbocycles. The van der Waals surface area contributed by atoms with Crippen LogP contribution >= 0.6 is 0 Å². The van der Waals surface area contributed by atoms with E-state index in [1.807, 2.05) is 19.1 Å². The second-order valence-electron chi connectivity index (χ2n) is 8.17. The van der Waals surface area contributed by atoms with Crippen molar-refractivity contribution >= 4 is 5.78 Å². The number of benzene rings is 1. The summed E-state index contributed by atoms with van der Waals surface area (Å²) in [7, 11) is 0. The summed E-state index contributed by atoms with van der Waals surface area (Å²) < 4.78 is 0. The molecule has 0 amide bonds. The molecular weight excluding hydrogens is 392 g/mol. The minimum absolute atomic E-state index is 0.0909. The summed E-state index contributed by atoms with van der Waals surface area (Å²) in [6.45, 7) is 17.5. The summed E-state index contributed by atoms with van der Waals surface area (Å²) in [6, 6.07) is 8.78. The summed E-state index contributed by atoms with van der Waals surface area (Å²) in [5.41, 5.74) is 7.45. The van der Waals surface area contributed by atoms with Crippen LogP contribution in [0.2, 0.25) is 0 Å². The van der Waals surface area contributed by atoms with Gasteiger partial charge in [0.1, 0.15) is 5.76 Å². The van der Waals surface area contributed by atoms with Crippen molar-refractivity contribution in [1.82, 2.24) is 0 Å². The maximum atomic E-state index is 11.2. The van der Waals surface area contributed by atoms with Crippen molar-refractivity contribution in [3.63, 3.8) is 0 Å². The standard InChI is InChI=1S/C18H22O2.C12H18/c1-6-12(2)16-8-7-9-17(11-16)14(4)18(20)10-13(3)15(5)19;1-3-5-8-12-10-7-6-9-11(12)4-2/h7-10,20H,2-3,6,11H2,1,4-5H3;6-7,9-10H,3-5,8H2,1-2H3/b17-14-,18-10+;. The van der Waals surface area contributed by atoms with Crippen LogP contribution < -0.4 is 0 Å². The van der Waals surface area contributed by atoms with Crippen molar-refractivity contribution in [2.24, 2.45) is 0 Å². The number of aliphatic hydroxyl groups excluding tert-OH is 1. The van der Waals surface area contributed by atoms with E-state index in [0.29, 0.717) is 5.57 Å². The van der Waals surface area contributed by atoms with Crippen LogP contribution in [-0.4, -0.2) is 10.9 Å². The molecule has 1 aliphatic rings. The molecule has 32 heavy (non-hydrogen) atoms. The summed E-state index contributed by atoms with van der Waals surface area (Å²) in [5.74, 6) is -0.0540. The molecule has 1 aromatic carbocycles. The first-order valence-electron chi connectivity index (χ1n) is 11.7. The third-order valence-electron chi connectivity index (χ3n) is 5.78. The van der Waals surface area contributed by atoms with Crippen molar-refractivity contribution in [1.29, 1.82) is 0 Å². The lowest BCUT2D eigenvalue weighted by Crippen LogP contribution is -1.99. The average Bonchev–Trinajstić information content (AvgIpc) is 2.82. The molecule has 1 N–H and O–H groups in total. The average molecular weight is 433 g/mol. The normalized spacial score (nSPS) is 14.8. The van der Waals surface area contributed by atoms with Gasteiger partial charge in [0.15, 0.2) is 5.78 Å². The van der Waals surface area contributed by atoms with Gasteiger partial charge in [0.05, 0.1) is 0 Å². The molecular formula is C30H40O2. The van der Waals surface area contributed by atoms with Crippen LogP contribution in [0.3, 0.4) is 0 Å². The number of aryl methyl sites for hydroxylation is 2. The molecule has 0 unspecified atom stereocenters. The van der Waals surface area contributed by atoms with Crippen molar-refractivity contribution < 1.29 is 9.90 Å². The first-order valence-corrected chi connectivity index (χ1v) is 11.7. The molecule has 2 heteroatoms. The third kappa shape index (κ3) is 8.70. The van der Waals surface area contributed by atoms with Gasteiger partial charge in [0.25, 0.3) is 0 Å². The number of rotatable bonds is 9. The molecule has 172 valence electrons. The van der Waals surface area contributed by atoms with Crippen molar-refractivity contribution in [3.8, 4) is 0 Å². The van der Waals surface area contributed by atoms with Gasteiger partial charge >= 0.3 is 0 Å². The lowest BCUT2D eigenvalue weighted by Gasteiger charge is -2.16. The van der Waals surface area contributed by atoms with Gasteiger partial charge in [-0.05, 0) is 79.9 Å². The largest absolute Gasteiger partial charge is 0.508 e. The van der Waals surface area contributed by atoms with Crippen LogP contribution in [0.25, 0.3) is 0 Å². The fourth-order valence-corrected chi connectivity index (χ4v) is 3.38. The van der Waals surface area contributed by atoms with Crippen molar-refractivity contribution in [2.75, 3.05) is 0 Å². The zero-order chi connectivity index (χ0) is 24.1. The number of aliphatic hydroxyl groups is 1. The van der Waals surface area contributed by atoms with Crippen molar-refractivity contribution in [2.45, 2.75) is 73.1 Å². The fourth-order valence-electron chi connectivity index (χ4n) is 3.38. The predicted molar refractivity (Wildman–Crippen MR) is 139 cm³/mol. The summed E-state index contributed by atoms with van der Waals surface area (Å²) in [4.78, 5) is 11.2. The molecule has 2 rings (SSSR count). The predicted octanol–water partition coefficient (Wildman–Crippen LogP) is 8.33. The minimum Gasteiger partial charge on any atom is -0.508 e. The van der Waals surface area contributed by atoms with Crippen LogP contribution in [0.5, 0.6) is 0 Å². The molecule has 0 saturated carbocycles. The number of allylic oxidation sites excluding steroid dienone is 9. The molecule has 1 aromatic rings. The molecule has 0 aliphatic heterocycles. The molecule has 0 atom stereocenters. The summed E-state index contributed by atoms with van der Waals surface area (Å²) >= 11 is 0. The van der Waals surface area contributed by atoms with Crippen LogP contribution in [0.1, 0.15) is 71.4 Å². The van der Waals surface area contributed by atoms with Gasteiger partial charge in [-0.3, -0.25) is 4.79 Å². The van der Waals surface area contributed by atoms with Gasteiger partial charge in [0, 0.05) is 5.57 Å². The number of carbonyl (C=O) groups excluding carboxylic acids is 1. The lowest BCUT2D eigenvalue weighted by molar-refractivity contribution is -0.113. The number of carbonyl (C=O) groups is 1. The third-order valence-corrected chi connectivity index (χ3v) is 5.78. The smallest absolute Gasteiger partial charge is 0.159 e. The first kappa shape index (κ1) is 27.2. The zero-order valence-electron chi connectivity index (χ0n) is 20.6.